The molecule has 192 valence electrons. The zero-order valence-electron chi connectivity index (χ0n) is 20.3. The highest BCUT2D eigenvalue weighted by atomic mass is 32.2. The number of benzene rings is 2. The fourth-order valence-electron chi connectivity index (χ4n) is 4.87. The summed E-state index contributed by atoms with van der Waals surface area (Å²) in [7, 11) is 0. The number of thioether (sulfide) groups is 1. The fourth-order valence-corrected chi connectivity index (χ4v) is 5.72. The maximum Gasteiger partial charge on any atom is 0.270 e. The Kier molecular flexibility index (Phi) is 7.64. The normalized spacial score (nSPS) is 19.0. The van der Waals surface area contributed by atoms with E-state index in [4.69, 9.17) is 4.99 Å². The number of anilines is 1. The van der Waals surface area contributed by atoms with Crippen LogP contribution in [0.2, 0.25) is 0 Å². The fraction of sp³-hybridized carbons (Fsp3) is 0.370. The molecule has 2 aromatic carbocycles. The van der Waals surface area contributed by atoms with E-state index in [0.717, 1.165) is 43.0 Å². The number of nitrogens with one attached hydrogen (secondary N) is 2. The molecule has 2 N–H and O–H groups in total. The van der Waals surface area contributed by atoms with Gasteiger partial charge in [-0.3, -0.25) is 19.3 Å². The van der Waals surface area contributed by atoms with E-state index in [1.54, 1.807) is 17.0 Å². The van der Waals surface area contributed by atoms with Crippen molar-refractivity contribution in [3.05, 3.63) is 59.9 Å². The first-order valence-electron chi connectivity index (χ1n) is 12.6. The number of halogens is 1. The molecule has 0 aromatic heterocycles. The van der Waals surface area contributed by atoms with E-state index < -0.39 is 17.8 Å². The Morgan fingerprint density at radius 2 is 1.76 bits per heavy atom. The van der Waals surface area contributed by atoms with Crippen molar-refractivity contribution in [1.82, 2.24) is 10.2 Å². The van der Waals surface area contributed by atoms with Gasteiger partial charge in [-0.2, -0.15) is 4.99 Å². The number of rotatable bonds is 7. The number of amides is 3. The third-order valence-electron chi connectivity index (χ3n) is 6.70. The molecule has 3 aliphatic rings. The van der Waals surface area contributed by atoms with E-state index in [1.807, 2.05) is 24.3 Å². The largest absolute Gasteiger partial charge is 0.353 e. The molecule has 0 bridgehead atoms. The predicted molar refractivity (Wildman–Crippen MR) is 142 cm³/mol. The quantitative estimate of drug-likeness (QED) is 0.563. The number of nitrogens with zero attached hydrogens (tertiary/aromatic N) is 3. The van der Waals surface area contributed by atoms with Crippen LogP contribution in [0.25, 0.3) is 0 Å². The van der Waals surface area contributed by atoms with Crippen LogP contribution in [0.4, 0.5) is 15.8 Å². The molecule has 1 atom stereocenters. The van der Waals surface area contributed by atoms with E-state index in [9.17, 15) is 18.8 Å². The molecule has 8 nitrogen and oxygen atoms in total. The standard InChI is InChI=1S/C27H28FN5O3S/c28-19-11-5-7-13-21(19)30-24(35)16-37-27-31-20-12-6-4-10-18(20)25-32-26(36)22(33(25)27)14-15-23(34)29-17-8-2-1-3-9-17/h4-7,10-13,17,22H,1-3,8-9,14-16H2,(H,29,34)(H,30,35). The van der Waals surface area contributed by atoms with Gasteiger partial charge in [0.1, 0.15) is 17.7 Å². The second-order valence-corrected chi connectivity index (χ2v) is 10.3. The number of hydrogen-bond acceptors (Lipinski definition) is 6. The SMILES string of the molecule is O=C(CSC1=Nc2ccccc2C2=NC(=O)C(CCC(=O)NC3CCCCC3)N12)Nc1ccccc1F. The number of carbonyl (C=O) groups excluding carboxylic acids is 3. The molecule has 37 heavy (non-hydrogen) atoms. The minimum atomic E-state index is -0.679. The summed E-state index contributed by atoms with van der Waals surface area (Å²) in [6.45, 7) is 0. The van der Waals surface area contributed by atoms with Crippen molar-refractivity contribution < 1.29 is 18.8 Å². The zero-order valence-corrected chi connectivity index (χ0v) is 21.1. The molecule has 0 saturated heterocycles. The maximum absolute atomic E-state index is 13.9. The number of hydrogen-bond donors (Lipinski definition) is 2. The summed E-state index contributed by atoms with van der Waals surface area (Å²) >= 11 is 1.15. The zero-order chi connectivity index (χ0) is 25.8. The molecule has 0 spiro atoms. The third-order valence-corrected chi connectivity index (χ3v) is 7.66. The van der Waals surface area contributed by atoms with Crippen LogP contribution in [-0.2, 0) is 14.4 Å². The topological polar surface area (TPSA) is 103 Å². The number of amidine groups is 2. The van der Waals surface area contributed by atoms with E-state index in [1.165, 1.54) is 18.6 Å². The lowest BCUT2D eigenvalue weighted by atomic mass is 9.95. The number of aliphatic imine (C=N–C) groups is 2. The minimum absolute atomic E-state index is 0.0395. The van der Waals surface area contributed by atoms with E-state index in [-0.39, 0.29) is 42.1 Å². The van der Waals surface area contributed by atoms with Gasteiger partial charge in [-0.25, -0.2) is 9.38 Å². The van der Waals surface area contributed by atoms with Gasteiger partial charge in [-0.05, 0) is 43.5 Å². The minimum Gasteiger partial charge on any atom is -0.353 e. The molecule has 2 aliphatic heterocycles. The Hall–Kier alpha value is -3.53. The molecule has 1 unspecified atom stereocenters. The van der Waals surface area contributed by atoms with E-state index >= 15 is 0 Å². The maximum atomic E-state index is 13.9. The van der Waals surface area contributed by atoms with Crippen LogP contribution >= 0.6 is 11.8 Å². The van der Waals surface area contributed by atoms with Gasteiger partial charge >= 0.3 is 0 Å². The average Bonchev–Trinajstić information content (AvgIpc) is 3.24. The van der Waals surface area contributed by atoms with Crippen LogP contribution < -0.4 is 10.6 Å². The summed E-state index contributed by atoms with van der Waals surface area (Å²) in [4.78, 5) is 48.9. The summed E-state index contributed by atoms with van der Waals surface area (Å²) in [5.41, 5.74) is 1.48. The number of para-hydroxylation sites is 2. The van der Waals surface area contributed by atoms with Gasteiger partial charge in [0.05, 0.1) is 17.1 Å². The van der Waals surface area contributed by atoms with Gasteiger partial charge in [-0.15, -0.1) is 0 Å². The lowest BCUT2D eigenvalue weighted by Crippen LogP contribution is -2.44. The predicted octanol–water partition coefficient (Wildman–Crippen LogP) is 4.39. The molecule has 1 aliphatic carbocycles. The molecule has 0 radical (unpaired) electrons. The summed E-state index contributed by atoms with van der Waals surface area (Å²) in [5, 5.41) is 6.12. The molecule has 2 heterocycles. The van der Waals surface area contributed by atoms with Gasteiger partial charge in [0.15, 0.2) is 5.17 Å². The van der Waals surface area contributed by atoms with Crippen molar-refractivity contribution >= 4 is 51.9 Å². The molecular formula is C27H28FN5O3S. The second kappa shape index (κ2) is 11.2. The van der Waals surface area contributed by atoms with E-state index in [2.05, 4.69) is 15.6 Å². The molecule has 1 saturated carbocycles. The van der Waals surface area contributed by atoms with Crippen LogP contribution in [0.5, 0.6) is 0 Å². The first kappa shape index (κ1) is 25.1. The third kappa shape index (κ3) is 5.74. The summed E-state index contributed by atoms with van der Waals surface area (Å²) in [5.74, 6) is -0.880. The highest BCUT2D eigenvalue weighted by molar-refractivity contribution is 8.14. The van der Waals surface area contributed by atoms with Crippen molar-refractivity contribution in [2.45, 2.75) is 57.0 Å². The molecule has 1 fully saturated rings. The van der Waals surface area contributed by atoms with Crippen LogP contribution in [-0.4, -0.2) is 51.5 Å². The lowest BCUT2D eigenvalue weighted by Gasteiger charge is -2.31. The molecule has 2 aromatic rings. The van der Waals surface area contributed by atoms with Gasteiger partial charge in [0, 0.05) is 18.0 Å². The smallest absolute Gasteiger partial charge is 0.270 e. The first-order chi connectivity index (χ1) is 18.0. The summed E-state index contributed by atoms with van der Waals surface area (Å²) < 4.78 is 13.9. The van der Waals surface area contributed by atoms with Crippen LogP contribution in [0.1, 0.15) is 50.5 Å². The molecular weight excluding hydrogens is 493 g/mol. The first-order valence-corrected chi connectivity index (χ1v) is 13.5. The average molecular weight is 522 g/mol. The van der Waals surface area contributed by atoms with Crippen LogP contribution in [0, 0.1) is 5.82 Å². The van der Waals surface area contributed by atoms with Gasteiger partial charge in [-0.1, -0.05) is 55.3 Å². The Balaban J connectivity index is 1.29. The highest BCUT2D eigenvalue weighted by Gasteiger charge is 2.41. The lowest BCUT2D eigenvalue weighted by molar-refractivity contribution is -0.123. The Bertz CT molecular complexity index is 1270. The van der Waals surface area contributed by atoms with Gasteiger partial charge in [0.2, 0.25) is 11.8 Å². The molecule has 10 heteroatoms. The van der Waals surface area contributed by atoms with Crippen molar-refractivity contribution in [3.8, 4) is 0 Å². The highest BCUT2D eigenvalue weighted by Crippen LogP contribution is 2.35. The Morgan fingerprint density at radius 3 is 2.57 bits per heavy atom. The van der Waals surface area contributed by atoms with Crippen molar-refractivity contribution in [2.75, 3.05) is 11.1 Å². The number of carbonyl (C=O) groups is 3. The van der Waals surface area contributed by atoms with Crippen LogP contribution in [0.15, 0.2) is 58.5 Å². The van der Waals surface area contributed by atoms with Crippen molar-refractivity contribution in [3.63, 3.8) is 0 Å². The van der Waals surface area contributed by atoms with Crippen molar-refractivity contribution in [1.29, 1.82) is 0 Å². The van der Waals surface area contributed by atoms with Crippen LogP contribution in [0.3, 0.4) is 0 Å². The summed E-state index contributed by atoms with van der Waals surface area (Å²) in [6.07, 6.45) is 5.92. The molecule has 3 amide bonds. The van der Waals surface area contributed by atoms with Crippen molar-refractivity contribution in [2.24, 2.45) is 9.98 Å². The van der Waals surface area contributed by atoms with Gasteiger partial charge in [0.25, 0.3) is 5.91 Å². The second-order valence-electron chi connectivity index (χ2n) is 9.33. The van der Waals surface area contributed by atoms with E-state index in [0.29, 0.717) is 16.7 Å². The van der Waals surface area contributed by atoms with Gasteiger partial charge < -0.3 is 10.6 Å². The Labute approximate surface area is 218 Å². The number of fused-ring (bicyclic) bond motifs is 3. The Morgan fingerprint density at radius 1 is 1.00 bits per heavy atom. The molecule has 5 rings (SSSR count). The summed E-state index contributed by atoms with van der Waals surface area (Å²) in [6, 6.07) is 12.9. The monoisotopic (exact) mass is 521 g/mol.